The summed E-state index contributed by atoms with van der Waals surface area (Å²) in [5.41, 5.74) is 2.71. The number of rotatable bonds is 13. The molecule has 0 aromatic heterocycles. The second kappa shape index (κ2) is 15.0. The molecule has 2 saturated carbocycles. The number of unbranched alkanes of at least 4 members (excludes halogenated alkanes) is 6. The molecule has 37 heavy (non-hydrogen) atoms. The lowest BCUT2D eigenvalue weighted by atomic mass is 9.70. The van der Waals surface area contributed by atoms with Crippen LogP contribution in [0.25, 0.3) is 11.1 Å². The minimum atomic E-state index is -0.810. The third kappa shape index (κ3) is 8.91. The van der Waals surface area contributed by atoms with Crippen molar-refractivity contribution in [3.8, 4) is 11.1 Å². The van der Waals surface area contributed by atoms with Crippen LogP contribution >= 0.6 is 0 Å². The third-order valence-corrected chi connectivity index (χ3v) is 9.19. The first-order chi connectivity index (χ1) is 18.1. The molecule has 0 bridgehead atoms. The zero-order valence-electron chi connectivity index (χ0n) is 23.0. The van der Waals surface area contributed by atoms with E-state index in [1.165, 1.54) is 115 Å². The highest BCUT2D eigenvalue weighted by Crippen LogP contribution is 2.41. The Morgan fingerprint density at radius 2 is 1.24 bits per heavy atom. The number of ether oxygens (including phenoxy) is 1. The highest BCUT2D eigenvalue weighted by Gasteiger charge is 2.31. The van der Waals surface area contributed by atoms with Gasteiger partial charge in [0, 0.05) is 0 Å². The summed E-state index contributed by atoms with van der Waals surface area (Å²) in [6.45, 7) is 2.92. The first-order valence-corrected chi connectivity index (χ1v) is 15.3. The van der Waals surface area contributed by atoms with Gasteiger partial charge in [0.1, 0.15) is 0 Å². The van der Waals surface area contributed by atoms with Crippen molar-refractivity contribution in [3.63, 3.8) is 0 Å². The quantitative estimate of drug-likeness (QED) is 0.243. The molecule has 0 radical (unpaired) electrons. The topological polar surface area (TPSA) is 9.23 Å². The maximum atomic E-state index is 13.5. The second-order valence-electron chi connectivity index (χ2n) is 11.9. The molecule has 2 fully saturated rings. The Morgan fingerprint density at radius 3 is 1.89 bits per heavy atom. The molecule has 204 valence electrons. The zero-order valence-corrected chi connectivity index (χ0v) is 23.0. The molecule has 0 amide bonds. The van der Waals surface area contributed by atoms with Gasteiger partial charge in [-0.2, -0.15) is 0 Å². The Morgan fingerprint density at radius 1 is 0.649 bits per heavy atom. The van der Waals surface area contributed by atoms with Crippen molar-refractivity contribution in [1.82, 2.24) is 0 Å². The first-order valence-electron chi connectivity index (χ1n) is 15.3. The van der Waals surface area contributed by atoms with E-state index in [9.17, 15) is 8.78 Å². The van der Waals surface area contributed by atoms with Crippen molar-refractivity contribution in [1.29, 1.82) is 0 Å². The number of hydrogen-bond acceptors (Lipinski definition) is 1. The van der Waals surface area contributed by atoms with E-state index < -0.39 is 11.6 Å². The van der Waals surface area contributed by atoms with Crippen LogP contribution in [0.4, 0.5) is 8.78 Å². The van der Waals surface area contributed by atoms with Crippen molar-refractivity contribution < 1.29 is 13.5 Å². The molecule has 0 spiro atoms. The van der Waals surface area contributed by atoms with Gasteiger partial charge in [0.2, 0.25) is 0 Å². The third-order valence-electron chi connectivity index (χ3n) is 9.19. The number of hydrogen-bond donors (Lipinski definition) is 0. The van der Waals surface area contributed by atoms with Gasteiger partial charge in [0.15, 0.2) is 11.6 Å². The van der Waals surface area contributed by atoms with Gasteiger partial charge in [-0.3, -0.25) is 0 Å². The fourth-order valence-electron chi connectivity index (χ4n) is 6.75. The lowest BCUT2D eigenvalue weighted by Gasteiger charge is -2.38. The highest BCUT2D eigenvalue weighted by atomic mass is 19.2. The molecule has 0 aliphatic heterocycles. The molecule has 0 saturated heterocycles. The van der Waals surface area contributed by atoms with E-state index in [-0.39, 0.29) is 0 Å². The largest absolute Gasteiger partial charge is 0.374 e. The smallest absolute Gasteiger partial charge is 0.159 e. The standard InChI is InChI=1S/C34H48F2O/c1-2-3-4-5-6-7-8-9-26-10-14-28(15-11-26)29-18-21-32(22-19-29)37-25-27-12-16-30(17-13-27)31-20-23-33(35)34(36)24-31/h12-13,16-17,20,23-24,26,28-29,32H,2-11,14-15,18-19,21-22,25H2,1H3. The van der Waals surface area contributed by atoms with Crippen molar-refractivity contribution in [2.75, 3.05) is 0 Å². The molecule has 0 unspecified atom stereocenters. The second-order valence-corrected chi connectivity index (χ2v) is 11.9. The molecular formula is C34H48F2O. The van der Waals surface area contributed by atoms with Gasteiger partial charge in [0.05, 0.1) is 12.7 Å². The zero-order chi connectivity index (χ0) is 25.9. The van der Waals surface area contributed by atoms with Gasteiger partial charge < -0.3 is 4.74 Å². The Balaban J connectivity index is 1.09. The van der Waals surface area contributed by atoms with E-state index in [0.717, 1.165) is 28.9 Å². The maximum Gasteiger partial charge on any atom is 0.159 e. The minimum absolute atomic E-state index is 0.371. The Hall–Kier alpha value is -1.74. The Bertz CT molecular complexity index is 908. The lowest BCUT2D eigenvalue weighted by Crippen LogP contribution is -2.28. The van der Waals surface area contributed by atoms with Crippen LogP contribution in [-0.4, -0.2) is 6.10 Å². The lowest BCUT2D eigenvalue weighted by molar-refractivity contribution is -0.00285. The molecule has 0 N–H and O–H groups in total. The molecular weight excluding hydrogens is 462 g/mol. The fourth-order valence-corrected chi connectivity index (χ4v) is 6.75. The minimum Gasteiger partial charge on any atom is -0.374 e. The number of benzene rings is 2. The monoisotopic (exact) mass is 510 g/mol. The van der Waals surface area contributed by atoms with Crippen molar-refractivity contribution in [3.05, 3.63) is 59.7 Å². The van der Waals surface area contributed by atoms with Crippen LogP contribution in [0.2, 0.25) is 0 Å². The fraction of sp³-hybridized carbons (Fsp3) is 0.647. The molecule has 0 atom stereocenters. The van der Waals surface area contributed by atoms with Crippen molar-refractivity contribution in [2.24, 2.45) is 17.8 Å². The van der Waals surface area contributed by atoms with Crippen LogP contribution in [0.1, 0.15) is 115 Å². The number of halogens is 2. The summed E-state index contributed by atoms with van der Waals surface area (Å²) in [6.07, 6.45) is 22.7. The summed E-state index contributed by atoms with van der Waals surface area (Å²) >= 11 is 0. The average molecular weight is 511 g/mol. The molecule has 0 heterocycles. The first kappa shape index (κ1) is 28.3. The van der Waals surface area contributed by atoms with Crippen LogP contribution in [-0.2, 0) is 11.3 Å². The van der Waals surface area contributed by atoms with Gasteiger partial charge in [-0.1, -0.05) is 101 Å². The van der Waals surface area contributed by atoms with E-state index in [0.29, 0.717) is 18.3 Å². The van der Waals surface area contributed by atoms with Gasteiger partial charge >= 0.3 is 0 Å². The van der Waals surface area contributed by atoms with Crippen LogP contribution < -0.4 is 0 Å². The van der Waals surface area contributed by atoms with Gasteiger partial charge in [0.25, 0.3) is 0 Å². The predicted molar refractivity (Wildman–Crippen MR) is 150 cm³/mol. The summed E-state index contributed by atoms with van der Waals surface area (Å²) in [4.78, 5) is 0. The van der Waals surface area contributed by atoms with E-state index in [1.54, 1.807) is 6.07 Å². The van der Waals surface area contributed by atoms with Crippen LogP contribution in [0.3, 0.4) is 0 Å². The maximum absolute atomic E-state index is 13.5. The summed E-state index contributed by atoms with van der Waals surface area (Å²) < 4.78 is 33.0. The average Bonchev–Trinajstić information content (AvgIpc) is 2.94. The summed E-state index contributed by atoms with van der Waals surface area (Å²) in [5.74, 6) is 1.25. The molecule has 2 aliphatic carbocycles. The predicted octanol–water partition coefficient (Wildman–Crippen LogP) is 10.7. The van der Waals surface area contributed by atoms with Crippen LogP contribution in [0, 0.1) is 29.4 Å². The molecule has 2 aromatic rings. The van der Waals surface area contributed by atoms with Crippen molar-refractivity contribution in [2.45, 2.75) is 122 Å². The van der Waals surface area contributed by atoms with E-state index in [4.69, 9.17) is 4.74 Å². The van der Waals surface area contributed by atoms with Gasteiger partial charge in [-0.25, -0.2) is 8.78 Å². The Labute approximate surface area is 224 Å². The Kier molecular flexibility index (Phi) is 11.5. The molecule has 3 heteroatoms. The summed E-state index contributed by atoms with van der Waals surface area (Å²) in [6, 6.07) is 12.0. The van der Waals surface area contributed by atoms with Gasteiger partial charge in [-0.05, 0) is 85.1 Å². The summed E-state index contributed by atoms with van der Waals surface area (Å²) in [7, 11) is 0. The summed E-state index contributed by atoms with van der Waals surface area (Å²) in [5, 5.41) is 0. The van der Waals surface area contributed by atoms with Crippen LogP contribution in [0.5, 0.6) is 0 Å². The van der Waals surface area contributed by atoms with E-state index in [1.807, 2.05) is 24.3 Å². The molecule has 4 rings (SSSR count). The molecule has 2 aliphatic rings. The normalized spacial score (nSPS) is 24.3. The molecule has 1 nitrogen and oxygen atoms in total. The van der Waals surface area contributed by atoms with Crippen molar-refractivity contribution >= 4 is 0 Å². The van der Waals surface area contributed by atoms with E-state index in [2.05, 4.69) is 6.92 Å². The highest BCUT2D eigenvalue weighted by molar-refractivity contribution is 5.63. The SMILES string of the molecule is CCCCCCCCCC1CCC(C2CCC(OCc3ccc(-c4ccc(F)c(F)c4)cc3)CC2)CC1. The van der Waals surface area contributed by atoms with Gasteiger partial charge in [-0.15, -0.1) is 0 Å². The van der Waals surface area contributed by atoms with Crippen LogP contribution in [0.15, 0.2) is 42.5 Å². The van der Waals surface area contributed by atoms with E-state index >= 15 is 0 Å². The molecule has 2 aromatic carbocycles.